The number of hydrogen-bond acceptors (Lipinski definition) is 2. The molecule has 0 N–H and O–H groups in total. The highest BCUT2D eigenvalue weighted by Crippen LogP contribution is 2.37. The molecule has 0 heterocycles. The molecule has 0 aromatic rings. The first-order chi connectivity index (χ1) is 8.10. The van der Waals surface area contributed by atoms with E-state index in [2.05, 4.69) is 13.2 Å². The number of halogens is 4. The van der Waals surface area contributed by atoms with E-state index in [0.717, 1.165) is 11.1 Å². The van der Waals surface area contributed by atoms with Gasteiger partial charge in [0.05, 0.1) is 0 Å². The number of rotatable bonds is 7. The number of hydrogen-bond donors (Lipinski definition) is 0. The molecule has 0 aromatic heterocycles. The van der Waals surface area contributed by atoms with E-state index in [1.165, 1.54) is 0 Å². The molecule has 2 nitrogen and oxygen atoms in total. The van der Waals surface area contributed by atoms with Crippen LogP contribution in [-0.4, -0.2) is 21.2 Å². The van der Waals surface area contributed by atoms with Crippen molar-refractivity contribution in [3.05, 3.63) is 24.3 Å². The fourth-order valence-electron chi connectivity index (χ4n) is 1.60. The van der Waals surface area contributed by atoms with Gasteiger partial charge in [-0.1, -0.05) is 47.5 Å². The lowest BCUT2D eigenvalue weighted by atomic mass is 9.90. The molecule has 6 heteroatoms. The number of alkyl halides is 4. The standard InChI is InChI=1S/C12H16Cl4O2/c1-7(2)5-12(11(15)16,6-8(3)4)18-10(17)9(13)14/h9,11H,1,3,5-6H2,2,4H3. The average molecular weight is 334 g/mol. The second-order valence-corrected chi connectivity index (χ2v) is 6.55. The van der Waals surface area contributed by atoms with E-state index >= 15 is 0 Å². The largest absolute Gasteiger partial charge is 0.453 e. The predicted molar refractivity (Wildman–Crippen MR) is 78.7 cm³/mol. The van der Waals surface area contributed by atoms with Gasteiger partial charge in [0.2, 0.25) is 4.84 Å². The highest BCUT2D eigenvalue weighted by Gasteiger charge is 2.41. The van der Waals surface area contributed by atoms with E-state index in [1.54, 1.807) is 13.8 Å². The predicted octanol–water partition coefficient (Wildman–Crippen LogP) is 4.81. The maximum absolute atomic E-state index is 11.6. The summed E-state index contributed by atoms with van der Waals surface area (Å²) in [5.41, 5.74) is 0.409. The lowest BCUT2D eigenvalue weighted by Gasteiger charge is -2.35. The van der Waals surface area contributed by atoms with E-state index in [4.69, 9.17) is 51.1 Å². The van der Waals surface area contributed by atoms with Crippen LogP contribution in [0.25, 0.3) is 0 Å². The second-order valence-electron chi connectivity index (χ2n) is 4.36. The van der Waals surface area contributed by atoms with Gasteiger partial charge in [0.1, 0.15) is 10.4 Å². The Balaban J connectivity index is 5.24. The molecule has 0 aliphatic carbocycles. The Kier molecular flexibility index (Phi) is 7.69. The zero-order chi connectivity index (χ0) is 14.5. The van der Waals surface area contributed by atoms with E-state index in [1.807, 2.05) is 0 Å². The lowest BCUT2D eigenvalue weighted by molar-refractivity contribution is -0.156. The average Bonchev–Trinajstić information content (AvgIpc) is 2.14. The Bertz CT molecular complexity index is 321. The van der Waals surface area contributed by atoms with Crippen LogP contribution in [0.2, 0.25) is 0 Å². The molecular weight excluding hydrogens is 318 g/mol. The third-order valence-electron chi connectivity index (χ3n) is 2.08. The van der Waals surface area contributed by atoms with Crippen LogP contribution in [-0.2, 0) is 9.53 Å². The summed E-state index contributed by atoms with van der Waals surface area (Å²) in [6.07, 6.45) is 0.619. The molecule has 0 spiro atoms. The summed E-state index contributed by atoms with van der Waals surface area (Å²) in [4.78, 5) is 9.34. The second kappa shape index (κ2) is 7.64. The summed E-state index contributed by atoms with van der Waals surface area (Å²) in [6.45, 7) is 11.1. The van der Waals surface area contributed by atoms with Gasteiger partial charge >= 0.3 is 5.97 Å². The zero-order valence-electron chi connectivity index (χ0n) is 10.3. The fourth-order valence-corrected chi connectivity index (χ4v) is 2.09. The van der Waals surface area contributed by atoms with E-state index in [9.17, 15) is 4.79 Å². The monoisotopic (exact) mass is 332 g/mol. The molecule has 0 aliphatic heterocycles. The minimum atomic E-state index is -1.29. The van der Waals surface area contributed by atoms with Crippen molar-refractivity contribution in [1.29, 1.82) is 0 Å². The first-order valence-electron chi connectivity index (χ1n) is 5.18. The van der Waals surface area contributed by atoms with Gasteiger partial charge in [-0.3, -0.25) is 0 Å². The van der Waals surface area contributed by atoms with Crippen molar-refractivity contribution in [1.82, 2.24) is 0 Å². The Morgan fingerprint density at radius 2 is 1.50 bits per heavy atom. The quantitative estimate of drug-likeness (QED) is 0.379. The first-order valence-corrected chi connectivity index (χ1v) is 6.93. The van der Waals surface area contributed by atoms with Gasteiger partial charge in [-0.2, -0.15) is 0 Å². The Labute approximate surface area is 128 Å². The van der Waals surface area contributed by atoms with Crippen molar-refractivity contribution in [2.75, 3.05) is 0 Å². The molecule has 0 aliphatic rings. The molecule has 0 rings (SSSR count). The molecule has 0 aromatic carbocycles. The molecule has 18 heavy (non-hydrogen) atoms. The maximum Gasteiger partial charge on any atom is 0.340 e. The van der Waals surface area contributed by atoms with Gasteiger partial charge in [0, 0.05) is 12.8 Å². The third kappa shape index (κ3) is 5.83. The highest BCUT2D eigenvalue weighted by atomic mass is 35.5. The number of carbonyl (C=O) groups is 1. The van der Waals surface area contributed by atoms with Crippen LogP contribution in [0.3, 0.4) is 0 Å². The van der Waals surface area contributed by atoms with Crippen molar-refractivity contribution >= 4 is 52.4 Å². The van der Waals surface area contributed by atoms with Crippen LogP contribution in [0.15, 0.2) is 24.3 Å². The zero-order valence-corrected chi connectivity index (χ0v) is 13.3. The van der Waals surface area contributed by atoms with Crippen LogP contribution < -0.4 is 0 Å². The molecule has 0 amide bonds. The molecule has 0 unspecified atom stereocenters. The number of carbonyl (C=O) groups excluding carboxylic acids is 1. The van der Waals surface area contributed by atoms with Crippen molar-refractivity contribution < 1.29 is 9.53 Å². The Morgan fingerprint density at radius 1 is 1.11 bits per heavy atom. The summed E-state index contributed by atoms with van der Waals surface area (Å²) >= 11 is 22.9. The Hall–Kier alpha value is 0.110. The van der Waals surface area contributed by atoms with Crippen LogP contribution in [0.5, 0.6) is 0 Å². The van der Waals surface area contributed by atoms with Crippen molar-refractivity contribution in [2.45, 2.75) is 42.0 Å². The van der Waals surface area contributed by atoms with Gasteiger partial charge in [0.25, 0.3) is 0 Å². The molecular formula is C12H16Cl4O2. The van der Waals surface area contributed by atoms with E-state index in [0.29, 0.717) is 12.8 Å². The van der Waals surface area contributed by atoms with Crippen molar-refractivity contribution in [2.24, 2.45) is 0 Å². The minimum absolute atomic E-state index is 0.309. The minimum Gasteiger partial charge on any atom is -0.453 e. The molecule has 0 bridgehead atoms. The summed E-state index contributed by atoms with van der Waals surface area (Å²) in [5, 5.41) is 0. The van der Waals surface area contributed by atoms with Crippen LogP contribution in [0, 0.1) is 0 Å². The van der Waals surface area contributed by atoms with Gasteiger partial charge in [-0.05, 0) is 13.8 Å². The SMILES string of the molecule is C=C(C)CC(CC(=C)C)(OC(=O)C(Cl)Cl)C(Cl)Cl. The summed E-state index contributed by atoms with van der Waals surface area (Å²) in [7, 11) is 0. The number of esters is 1. The molecule has 0 atom stereocenters. The van der Waals surface area contributed by atoms with Gasteiger partial charge in [0.15, 0.2) is 0 Å². The highest BCUT2D eigenvalue weighted by molar-refractivity contribution is 6.53. The molecule has 0 radical (unpaired) electrons. The molecule has 0 saturated carbocycles. The molecule has 104 valence electrons. The normalized spacial score (nSPS) is 11.8. The summed E-state index contributed by atoms with van der Waals surface area (Å²) in [5.74, 6) is -0.785. The fraction of sp³-hybridized carbons (Fsp3) is 0.583. The first kappa shape index (κ1) is 18.1. The van der Waals surface area contributed by atoms with Crippen LogP contribution in [0.1, 0.15) is 26.7 Å². The third-order valence-corrected chi connectivity index (χ3v) is 3.23. The summed E-state index contributed by atoms with van der Waals surface area (Å²) < 4.78 is 5.29. The summed E-state index contributed by atoms with van der Waals surface area (Å²) in [6, 6.07) is 0. The molecule has 0 fully saturated rings. The maximum atomic E-state index is 11.6. The van der Waals surface area contributed by atoms with E-state index < -0.39 is 21.2 Å². The smallest absolute Gasteiger partial charge is 0.340 e. The topological polar surface area (TPSA) is 26.3 Å². The van der Waals surface area contributed by atoms with Gasteiger partial charge in [-0.15, -0.1) is 23.2 Å². The lowest BCUT2D eigenvalue weighted by Crippen LogP contribution is -2.43. The number of ether oxygens (including phenoxy) is 1. The van der Waals surface area contributed by atoms with E-state index in [-0.39, 0.29) is 0 Å². The Morgan fingerprint density at radius 3 is 1.72 bits per heavy atom. The van der Waals surface area contributed by atoms with Crippen LogP contribution in [0.4, 0.5) is 0 Å². The van der Waals surface area contributed by atoms with Crippen molar-refractivity contribution in [3.63, 3.8) is 0 Å². The molecule has 0 saturated heterocycles. The van der Waals surface area contributed by atoms with Crippen LogP contribution >= 0.6 is 46.4 Å². The van der Waals surface area contributed by atoms with Crippen molar-refractivity contribution in [3.8, 4) is 0 Å². The van der Waals surface area contributed by atoms with Gasteiger partial charge < -0.3 is 4.74 Å². The van der Waals surface area contributed by atoms with Gasteiger partial charge in [-0.25, -0.2) is 4.79 Å².